The van der Waals surface area contributed by atoms with Crippen LogP contribution in [0.3, 0.4) is 0 Å². The van der Waals surface area contributed by atoms with E-state index in [4.69, 9.17) is 4.42 Å². The second-order valence-corrected chi connectivity index (χ2v) is 5.35. The van der Waals surface area contributed by atoms with Crippen molar-refractivity contribution in [2.75, 3.05) is 7.05 Å². The Bertz CT molecular complexity index is 922. The average molecular weight is 328 g/mol. The molecule has 0 saturated carbocycles. The average Bonchev–Trinajstić information content (AvgIpc) is 3.21. The molecule has 0 aliphatic heterocycles. The molecule has 8 heteroatoms. The maximum Gasteiger partial charge on any atom is 0.270 e. The van der Waals surface area contributed by atoms with E-state index in [0.717, 1.165) is 5.69 Å². The van der Waals surface area contributed by atoms with Gasteiger partial charge in [-0.1, -0.05) is 12.1 Å². The number of nitrogens with zero attached hydrogens (tertiary/aromatic N) is 4. The van der Waals surface area contributed by atoms with Crippen LogP contribution in [0.4, 0.5) is 5.69 Å². The minimum absolute atomic E-state index is 0.0240. The summed E-state index contributed by atoms with van der Waals surface area (Å²) in [6, 6.07) is 9.90. The summed E-state index contributed by atoms with van der Waals surface area (Å²) in [4.78, 5) is 15.3. The van der Waals surface area contributed by atoms with Crippen LogP contribution in [0.1, 0.15) is 5.56 Å². The highest BCUT2D eigenvalue weighted by molar-refractivity contribution is 7.07. The fraction of sp³-hybridized carbons (Fsp3) is 0.0667. The summed E-state index contributed by atoms with van der Waals surface area (Å²) in [5.41, 5.74) is 1.42. The molecular formula is C15H12N4O3S. The van der Waals surface area contributed by atoms with Gasteiger partial charge in [-0.05, 0) is 12.1 Å². The number of nitro benzene ring substituents is 1. The van der Waals surface area contributed by atoms with Crippen molar-refractivity contribution in [3.05, 3.63) is 68.5 Å². The van der Waals surface area contributed by atoms with Crippen LogP contribution in [-0.4, -0.2) is 22.9 Å². The van der Waals surface area contributed by atoms with Crippen LogP contribution in [-0.2, 0) is 0 Å². The Morgan fingerprint density at radius 3 is 2.91 bits per heavy atom. The summed E-state index contributed by atoms with van der Waals surface area (Å²) < 4.78 is 7.04. The molecule has 0 N–H and O–H groups in total. The van der Waals surface area contributed by atoms with E-state index in [0.29, 0.717) is 16.1 Å². The van der Waals surface area contributed by atoms with E-state index in [9.17, 15) is 10.1 Å². The third kappa shape index (κ3) is 3.11. The molecule has 2 heterocycles. The third-order valence-corrected chi connectivity index (χ3v) is 3.96. The van der Waals surface area contributed by atoms with E-state index in [-0.39, 0.29) is 5.69 Å². The first kappa shape index (κ1) is 14.9. The quantitative estimate of drug-likeness (QED) is 0.419. The van der Waals surface area contributed by atoms with E-state index in [1.165, 1.54) is 23.5 Å². The lowest BCUT2D eigenvalue weighted by molar-refractivity contribution is -0.384. The Morgan fingerprint density at radius 2 is 2.22 bits per heavy atom. The summed E-state index contributed by atoms with van der Waals surface area (Å²) in [5.74, 6) is 0.673. The summed E-state index contributed by atoms with van der Waals surface area (Å²) in [5, 5.41) is 17.1. The molecule has 0 amide bonds. The van der Waals surface area contributed by atoms with Gasteiger partial charge < -0.3 is 4.42 Å². The maximum atomic E-state index is 10.8. The number of furan rings is 1. The number of rotatable bonds is 4. The van der Waals surface area contributed by atoms with Gasteiger partial charge in [0, 0.05) is 30.1 Å². The largest absolute Gasteiger partial charge is 0.463 e. The van der Waals surface area contributed by atoms with Crippen molar-refractivity contribution in [3.8, 4) is 11.5 Å². The van der Waals surface area contributed by atoms with Crippen molar-refractivity contribution in [2.45, 2.75) is 0 Å². The predicted molar refractivity (Wildman–Crippen MR) is 87.6 cm³/mol. The number of hydrogen-bond acceptors (Lipinski definition) is 6. The highest BCUT2D eigenvalue weighted by Crippen LogP contribution is 2.20. The number of nitro groups is 1. The molecule has 0 atom stereocenters. The zero-order valence-corrected chi connectivity index (χ0v) is 12.9. The van der Waals surface area contributed by atoms with Gasteiger partial charge >= 0.3 is 0 Å². The molecule has 0 spiro atoms. The monoisotopic (exact) mass is 328 g/mol. The first-order valence-electron chi connectivity index (χ1n) is 6.65. The molecule has 7 nitrogen and oxygen atoms in total. The van der Waals surface area contributed by atoms with Gasteiger partial charge in [-0.25, -0.2) is 4.68 Å². The van der Waals surface area contributed by atoms with Gasteiger partial charge in [0.1, 0.15) is 5.69 Å². The van der Waals surface area contributed by atoms with Crippen LogP contribution < -0.4 is 4.80 Å². The Hall–Kier alpha value is -3.00. The summed E-state index contributed by atoms with van der Waals surface area (Å²) >= 11 is 1.43. The first-order valence-corrected chi connectivity index (χ1v) is 7.53. The second kappa shape index (κ2) is 6.41. The van der Waals surface area contributed by atoms with Crippen molar-refractivity contribution < 1.29 is 9.34 Å². The minimum atomic E-state index is -0.434. The number of benzene rings is 1. The highest BCUT2D eigenvalue weighted by atomic mass is 32.1. The molecule has 0 saturated heterocycles. The molecule has 0 radical (unpaired) electrons. The van der Waals surface area contributed by atoms with Gasteiger partial charge in [0.2, 0.25) is 4.80 Å². The third-order valence-electron chi connectivity index (χ3n) is 3.05. The molecule has 0 fully saturated rings. The Morgan fingerprint density at radius 1 is 1.35 bits per heavy atom. The van der Waals surface area contributed by atoms with E-state index >= 15 is 0 Å². The Labute approximate surface area is 135 Å². The van der Waals surface area contributed by atoms with Crippen LogP contribution >= 0.6 is 11.3 Å². The molecule has 3 rings (SSSR count). The normalized spacial score (nSPS) is 12.1. The second-order valence-electron chi connectivity index (χ2n) is 4.51. The number of thiazole rings is 1. The summed E-state index contributed by atoms with van der Waals surface area (Å²) in [7, 11) is 1.68. The molecule has 116 valence electrons. The van der Waals surface area contributed by atoms with Crippen LogP contribution in [0.5, 0.6) is 0 Å². The van der Waals surface area contributed by atoms with E-state index in [2.05, 4.69) is 10.1 Å². The number of aromatic nitrogens is 1. The molecule has 3 aromatic rings. The lowest BCUT2D eigenvalue weighted by Crippen LogP contribution is -2.11. The van der Waals surface area contributed by atoms with Gasteiger partial charge in [0.15, 0.2) is 5.76 Å². The minimum Gasteiger partial charge on any atom is -0.463 e. The topological polar surface area (TPSA) is 85.9 Å². The molecule has 0 aliphatic carbocycles. The Kier molecular flexibility index (Phi) is 4.15. The van der Waals surface area contributed by atoms with Crippen molar-refractivity contribution in [1.82, 2.24) is 4.68 Å². The van der Waals surface area contributed by atoms with Crippen LogP contribution in [0, 0.1) is 10.1 Å². The fourth-order valence-electron chi connectivity index (χ4n) is 2.00. The van der Waals surface area contributed by atoms with E-state index < -0.39 is 4.92 Å². The van der Waals surface area contributed by atoms with Crippen LogP contribution in [0.25, 0.3) is 11.5 Å². The van der Waals surface area contributed by atoms with Crippen LogP contribution in [0.2, 0.25) is 0 Å². The highest BCUT2D eigenvalue weighted by Gasteiger charge is 2.09. The van der Waals surface area contributed by atoms with Gasteiger partial charge in [-0.2, -0.15) is 5.10 Å². The SMILES string of the molecule is CN=c1scc(-c2ccco2)n1N=Cc1cccc([N+](=O)[O-])c1. The lowest BCUT2D eigenvalue weighted by Gasteiger charge is -2.00. The number of hydrogen-bond donors (Lipinski definition) is 0. The fourth-order valence-corrected chi connectivity index (χ4v) is 2.78. The van der Waals surface area contributed by atoms with Crippen molar-refractivity contribution in [3.63, 3.8) is 0 Å². The molecule has 2 aromatic heterocycles. The van der Waals surface area contributed by atoms with Gasteiger partial charge in [0.25, 0.3) is 5.69 Å². The zero-order valence-electron chi connectivity index (χ0n) is 12.1. The standard InChI is InChI=1S/C15H12N4O3S/c1-16-15-18(13(10-23-15)14-6-3-7-22-14)17-9-11-4-2-5-12(8-11)19(20)21/h2-10H,1H3. The van der Waals surface area contributed by atoms with Crippen molar-refractivity contribution >= 4 is 23.2 Å². The molecule has 23 heavy (non-hydrogen) atoms. The molecule has 0 unspecified atom stereocenters. The predicted octanol–water partition coefficient (Wildman–Crippen LogP) is 3.13. The molecule has 0 aliphatic rings. The Balaban J connectivity index is 2.01. The summed E-state index contributed by atoms with van der Waals surface area (Å²) in [6.07, 6.45) is 3.14. The molecule has 1 aromatic carbocycles. The summed E-state index contributed by atoms with van der Waals surface area (Å²) in [6.45, 7) is 0. The smallest absolute Gasteiger partial charge is 0.270 e. The van der Waals surface area contributed by atoms with Crippen molar-refractivity contribution in [1.29, 1.82) is 0 Å². The number of non-ortho nitro benzene ring substituents is 1. The molecule has 0 bridgehead atoms. The van der Waals surface area contributed by atoms with Crippen molar-refractivity contribution in [2.24, 2.45) is 10.1 Å². The molecular weight excluding hydrogens is 316 g/mol. The van der Waals surface area contributed by atoms with Crippen LogP contribution in [0.15, 0.2) is 62.6 Å². The first-order chi connectivity index (χ1) is 11.2. The van der Waals surface area contributed by atoms with Gasteiger partial charge in [0.05, 0.1) is 17.4 Å². The van der Waals surface area contributed by atoms with Gasteiger partial charge in [-0.3, -0.25) is 15.1 Å². The van der Waals surface area contributed by atoms with E-state index in [1.54, 1.807) is 42.4 Å². The van der Waals surface area contributed by atoms with E-state index in [1.807, 2.05) is 11.4 Å². The zero-order chi connectivity index (χ0) is 16.2. The van der Waals surface area contributed by atoms with Gasteiger partial charge in [-0.15, -0.1) is 11.3 Å². The lowest BCUT2D eigenvalue weighted by atomic mass is 10.2. The maximum absolute atomic E-state index is 10.8.